The van der Waals surface area contributed by atoms with E-state index in [1.54, 1.807) is 0 Å². The summed E-state index contributed by atoms with van der Waals surface area (Å²) >= 11 is -3.87. The summed E-state index contributed by atoms with van der Waals surface area (Å²) in [7, 11) is 0. The first-order valence-electron chi connectivity index (χ1n) is 7.42. The van der Waals surface area contributed by atoms with E-state index in [9.17, 15) is 45.5 Å². The predicted octanol–water partition coefficient (Wildman–Crippen LogP) is 0.588. The molecule has 0 atom stereocenters. The number of hydrogen-bond acceptors (Lipinski definition) is 4. The van der Waals surface area contributed by atoms with E-state index in [1.807, 2.05) is 0 Å². The molecule has 0 saturated carbocycles. The van der Waals surface area contributed by atoms with Crippen molar-refractivity contribution in [3.05, 3.63) is 57.2 Å². The number of rotatable bonds is 7. The molecule has 16 heteroatoms. The summed E-state index contributed by atoms with van der Waals surface area (Å²) < 4.78 is 82.7. The molecular weight excluding hydrogens is 592 g/mol. The van der Waals surface area contributed by atoms with Crippen LogP contribution >= 0.6 is 0 Å². The Morgan fingerprint density at radius 3 is 0.875 bits per heavy atom. The van der Waals surface area contributed by atoms with E-state index in [0.29, 0.717) is 0 Å². The summed E-state index contributed by atoms with van der Waals surface area (Å²) in [6.07, 6.45) is 0. The van der Waals surface area contributed by atoms with Crippen LogP contribution < -0.4 is 8.92 Å². The molecule has 8 nitrogen and oxygen atoms in total. The van der Waals surface area contributed by atoms with Gasteiger partial charge in [-0.1, -0.05) is 0 Å². The molecule has 0 amide bonds. The average molecular weight is 596 g/mol. The van der Waals surface area contributed by atoms with Crippen LogP contribution in [0.1, 0.15) is 41.4 Å². The van der Waals surface area contributed by atoms with Gasteiger partial charge < -0.3 is 0 Å². The van der Waals surface area contributed by atoms with Crippen molar-refractivity contribution in [2.45, 2.75) is 0 Å². The normalized spacial score (nSPS) is 10.8. The molecule has 4 N–H and O–H groups in total. The first-order chi connectivity index (χ1) is 14.7. The molecule has 0 aliphatic carbocycles. The van der Waals surface area contributed by atoms with Crippen LogP contribution in [-0.4, -0.2) is 70.6 Å². The van der Waals surface area contributed by atoms with Gasteiger partial charge in [0.05, 0.1) is 0 Å². The van der Waals surface area contributed by atoms with Crippen LogP contribution in [0.15, 0.2) is 0 Å². The molecule has 2 aromatic rings. The monoisotopic (exact) mass is 598 g/mol. The van der Waals surface area contributed by atoms with Crippen LogP contribution in [0.25, 0.3) is 0 Å². The molecule has 0 aromatic heterocycles. The Morgan fingerprint density at radius 2 is 0.656 bits per heavy atom. The number of carboxylic acids is 4. The van der Waals surface area contributed by atoms with E-state index in [-0.39, 0.29) is 0 Å². The molecule has 0 spiro atoms. The van der Waals surface area contributed by atoms with Crippen molar-refractivity contribution in [1.82, 2.24) is 0 Å². The van der Waals surface area contributed by atoms with Crippen LogP contribution in [0.4, 0.5) is 26.3 Å². The summed E-state index contributed by atoms with van der Waals surface area (Å²) in [5.41, 5.74) is -7.24. The second kappa shape index (κ2) is 9.20. The quantitative estimate of drug-likeness (QED) is 0.206. The number of aromatic carboxylic acids is 4. The van der Waals surface area contributed by atoms with Crippen molar-refractivity contribution in [2.75, 3.05) is 0 Å². The predicted molar refractivity (Wildman–Crippen MR) is 91.2 cm³/mol. The van der Waals surface area contributed by atoms with Gasteiger partial charge in [0.1, 0.15) is 0 Å². The van der Waals surface area contributed by atoms with Gasteiger partial charge in [-0.3, -0.25) is 0 Å². The molecule has 0 saturated heterocycles. The van der Waals surface area contributed by atoms with Crippen LogP contribution in [0, 0.1) is 34.9 Å². The third-order valence-corrected chi connectivity index (χ3v) is 10.5. The standard InChI is InChI=1S/C16H4F6O8Se2/c17-5-1(13(23)24)3(15(27)28)7(19)11(9(5)21)31-32-12-8(20)4(16(29)30)2(14(25)26)6(18)10(12)22/h(H,23,24)(H,25,26)(H,27,28)(H,29,30). The zero-order valence-electron chi connectivity index (χ0n) is 14.5. The fourth-order valence-corrected chi connectivity index (χ4v) is 9.09. The molecule has 32 heavy (non-hydrogen) atoms. The van der Waals surface area contributed by atoms with Crippen molar-refractivity contribution >= 4 is 59.1 Å². The average Bonchev–Trinajstić information content (AvgIpc) is 2.67. The van der Waals surface area contributed by atoms with Crippen molar-refractivity contribution in [3.63, 3.8) is 0 Å². The fourth-order valence-electron chi connectivity index (χ4n) is 2.31. The summed E-state index contributed by atoms with van der Waals surface area (Å²) in [6, 6.07) is 0. The number of benzene rings is 2. The Balaban J connectivity index is 2.71. The Labute approximate surface area is 182 Å². The number of halogens is 6. The number of hydrogen-bond donors (Lipinski definition) is 4. The molecule has 2 aromatic carbocycles. The van der Waals surface area contributed by atoms with E-state index >= 15 is 0 Å². The Bertz CT molecular complexity index is 1120. The molecule has 0 unspecified atom stereocenters. The van der Waals surface area contributed by atoms with Gasteiger partial charge in [0.2, 0.25) is 0 Å². The van der Waals surface area contributed by atoms with E-state index in [2.05, 4.69) is 0 Å². The fraction of sp³-hybridized carbons (Fsp3) is 0. The second-order valence-corrected chi connectivity index (χ2v) is 11.5. The summed E-state index contributed by atoms with van der Waals surface area (Å²) in [5, 5.41) is 35.6. The van der Waals surface area contributed by atoms with Crippen molar-refractivity contribution in [1.29, 1.82) is 0 Å². The van der Waals surface area contributed by atoms with Crippen LogP contribution in [0.2, 0.25) is 0 Å². The SMILES string of the molecule is O=C(O)c1c(F)c(F)c([Se][Se]c2c(F)c(F)c(C(=O)O)c(C(=O)O)c2F)c(F)c1C(=O)O. The zero-order chi connectivity index (χ0) is 24.7. The number of carbonyl (C=O) groups is 4. The molecule has 0 aliphatic rings. The zero-order valence-corrected chi connectivity index (χ0v) is 17.9. The summed E-state index contributed by atoms with van der Waals surface area (Å²) in [5.74, 6) is -22.3. The van der Waals surface area contributed by atoms with Gasteiger partial charge in [0.15, 0.2) is 0 Å². The van der Waals surface area contributed by atoms with Gasteiger partial charge in [-0.15, -0.1) is 0 Å². The maximum absolute atomic E-state index is 14.5. The third-order valence-electron chi connectivity index (χ3n) is 3.62. The van der Waals surface area contributed by atoms with Gasteiger partial charge in [-0.05, 0) is 0 Å². The first-order valence-corrected chi connectivity index (χ1v) is 13.5. The minimum atomic E-state index is -2.32. The van der Waals surface area contributed by atoms with E-state index in [4.69, 9.17) is 20.4 Å². The molecule has 0 fully saturated rings. The van der Waals surface area contributed by atoms with Gasteiger partial charge in [-0.2, -0.15) is 0 Å². The van der Waals surface area contributed by atoms with E-state index < -0.39 is 116 Å². The first kappa shape index (κ1) is 25.2. The topological polar surface area (TPSA) is 149 Å². The van der Waals surface area contributed by atoms with Gasteiger partial charge in [-0.25, -0.2) is 0 Å². The molecule has 0 bridgehead atoms. The van der Waals surface area contributed by atoms with E-state index in [0.717, 1.165) is 0 Å². The molecule has 2 rings (SSSR count). The summed E-state index contributed by atoms with van der Waals surface area (Å²) in [4.78, 5) is 44.3. The van der Waals surface area contributed by atoms with Crippen molar-refractivity contribution in [3.8, 4) is 0 Å². The van der Waals surface area contributed by atoms with Gasteiger partial charge in [0.25, 0.3) is 0 Å². The molecule has 170 valence electrons. The minimum absolute atomic E-state index is 1.39. The Hall–Kier alpha value is -3.06. The van der Waals surface area contributed by atoms with Gasteiger partial charge in [0, 0.05) is 0 Å². The van der Waals surface area contributed by atoms with Crippen LogP contribution in [-0.2, 0) is 0 Å². The summed E-state index contributed by atoms with van der Waals surface area (Å²) in [6.45, 7) is 0. The van der Waals surface area contributed by atoms with Crippen LogP contribution in [0.3, 0.4) is 0 Å². The van der Waals surface area contributed by atoms with Crippen LogP contribution in [0.5, 0.6) is 0 Å². The van der Waals surface area contributed by atoms with E-state index in [1.165, 1.54) is 0 Å². The molecule has 0 radical (unpaired) electrons. The maximum atomic E-state index is 14.5. The Morgan fingerprint density at radius 1 is 0.438 bits per heavy atom. The van der Waals surface area contributed by atoms with Crippen molar-refractivity contribution < 1.29 is 65.9 Å². The second-order valence-electron chi connectivity index (χ2n) is 5.43. The molecule has 0 heterocycles. The molecular formula is C16H4F6O8Se2. The third kappa shape index (κ3) is 4.17. The van der Waals surface area contributed by atoms with Crippen molar-refractivity contribution in [2.24, 2.45) is 0 Å². The molecule has 0 aliphatic heterocycles. The Kier molecular flexibility index (Phi) is 7.25. The number of carboxylic acid groups (broad SMARTS) is 4. The van der Waals surface area contributed by atoms with Gasteiger partial charge >= 0.3 is 182 Å².